The summed E-state index contributed by atoms with van der Waals surface area (Å²) in [6.07, 6.45) is 3.76. The van der Waals surface area contributed by atoms with Crippen molar-refractivity contribution in [3.63, 3.8) is 0 Å². The van der Waals surface area contributed by atoms with Crippen LogP contribution < -0.4 is 9.47 Å². The Morgan fingerprint density at radius 2 is 1.70 bits per heavy atom. The highest BCUT2D eigenvalue weighted by Crippen LogP contribution is 2.47. The van der Waals surface area contributed by atoms with Crippen LogP contribution in [0.4, 0.5) is 4.79 Å². The number of carboxylic acids is 1. The molecule has 0 saturated carbocycles. The van der Waals surface area contributed by atoms with Crippen molar-refractivity contribution >= 4 is 17.9 Å². The van der Waals surface area contributed by atoms with Crippen molar-refractivity contribution in [3.05, 3.63) is 69.9 Å². The van der Waals surface area contributed by atoms with Crippen molar-refractivity contribution in [3.8, 4) is 11.5 Å². The van der Waals surface area contributed by atoms with Gasteiger partial charge in [0.1, 0.15) is 18.0 Å². The maximum absolute atomic E-state index is 14.0. The minimum absolute atomic E-state index is 0.0410. The molecule has 3 amide bonds. The SMILES string of the molecule is COc1cc2c(c(OC)c1)C[C@@H](C)/C=C1\N(C2)C(=O)N(CC(=O)O)C12CCN(C(=O)c1cc(C)cc(C)c1)CC2. The molecule has 212 valence electrons. The number of aryl methyl sites for hydroxylation is 2. The monoisotopic (exact) mass is 547 g/mol. The maximum Gasteiger partial charge on any atom is 0.325 e. The molecule has 2 aromatic rings. The Bertz CT molecular complexity index is 1370. The van der Waals surface area contributed by atoms with Crippen molar-refractivity contribution in [2.24, 2.45) is 5.92 Å². The number of ether oxygens (including phenoxy) is 2. The van der Waals surface area contributed by atoms with Gasteiger partial charge in [-0.3, -0.25) is 14.5 Å². The molecule has 3 aliphatic heterocycles. The summed E-state index contributed by atoms with van der Waals surface area (Å²) in [5.41, 5.74) is 4.67. The van der Waals surface area contributed by atoms with Gasteiger partial charge in [-0.25, -0.2) is 4.79 Å². The van der Waals surface area contributed by atoms with Crippen LogP contribution in [-0.4, -0.2) is 77.1 Å². The summed E-state index contributed by atoms with van der Waals surface area (Å²) in [5, 5.41) is 9.81. The lowest BCUT2D eigenvalue weighted by Crippen LogP contribution is -2.56. The summed E-state index contributed by atoms with van der Waals surface area (Å²) >= 11 is 0. The zero-order chi connectivity index (χ0) is 28.8. The molecule has 1 N–H and O–H groups in total. The fraction of sp³-hybridized carbons (Fsp3) is 0.452. The number of likely N-dealkylation sites (tertiary alicyclic amines) is 1. The molecule has 0 bridgehead atoms. The number of urea groups is 1. The normalized spacial score (nSPS) is 21.2. The fourth-order valence-corrected chi connectivity index (χ4v) is 6.63. The molecule has 2 saturated heterocycles. The van der Waals surface area contributed by atoms with Gasteiger partial charge in [0, 0.05) is 30.4 Å². The minimum atomic E-state index is -1.06. The number of nitrogens with zero attached hydrogens (tertiary/aromatic N) is 3. The van der Waals surface area contributed by atoms with E-state index in [9.17, 15) is 19.5 Å². The molecular weight excluding hydrogens is 510 g/mol. The molecule has 40 heavy (non-hydrogen) atoms. The molecule has 9 nitrogen and oxygen atoms in total. The molecule has 9 heteroatoms. The molecule has 3 heterocycles. The largest absolute Gasteiger partial charge is 0.497 e. The molecule has 3 aliphatic rings. The van der Waals surface area contributed by atoms with E-state index in [1.165, 1.54) is 4.90 Å². The number of carbonyl (C=O) groups is 3. The first-order chi connectivity index (χ1) is 19.1. The van der Waals surface area contributed by atoms with E-state index in [2.05, 4.69) is 13.0 Å². The van der Waals surface area contributed by atoms with Crippen molar-refractivity contribution in [2.45, 2.75) is 52.1 Å². The molecule has 2 fully saturated rings. The second kappa shape index (κ2) is 10.5. The zero-order valence-electron chi connectivity index (χ0n) is 23.8. The molecule has 0 aliphatic carbocycles. The number of fused-ring (bicyclic) bond motifs is 3. The number of piperidine rings is 1. The Kier molecular flexibility index (Phi) is 7.25. The van der Waals surface area contributed by atoms with Crippen molar-refractivity contribution < 1.29 is 29.0 Å². The molecule has 0 aromatic heterocycles. The van der Waals surface area contributed by atoms with Gasteiger partial charge in [0.05, 0.1) is 26.3 Å². The van der Waals surface area contributed by atoms with E-state index in [1.807, 2.05) is 49.1 Å². The third-order valence-corrected chi connectivity index (χ3v) is 8.41. The topological polar surface area (TPSA) is 99.6 Å². The lowest BCUT2D eigenvalue weighted by atomic mass is 9.80. The first kappa shape index (κ1) is 27.6. The molecular formula is C31H37N3O6. The van der Waals surface area contributed by atoms with Crippen molar-refractivity contribution in [1.29, 1.82) is 0 Å². The van der Waals surface area contributed by atoms with E-state index in [1.54, 1.807) is 19.1 Å². The van der Waals surface area contributed by atoms with E-state index in [4.69, 9.17) is 9.47 Å². The number of rotatable bonds is 5. The average Bonchev–Trinajstić information content (AvgIpc) is 3.09. The first-order valence-corrected chi connectivity index (χ1v) is 13.7. The van der Waals surface area contributed by atoms with Gasteiger partial charge < -0.3 is 24.4 Å². The number of amides is 3. The number of carboxylic acid groups (broad SMARTS) is 1. The number of hydrogen-bond acceptors (Lipinski definition) is 5. The van der Waals surface area contributed by atoms with Gasteiger partial charge in [0.25, 0.3) is 5.91 Å². The van der Waals surface area contributed by atoms with Gasteiger partial charge >= 0.3 is 12.0 Å². The first-order valence-electron chi connectivity index (χ1n) is 13.7. The quantitative estimate of drug-likeness (QED) is 0.596. The molecule has 0 radical (unpaired) electrons. The average molecular weight is 548 g/mol. The van der Waals surface area contributed by atoms with E-state index >= 15 is 0 Å². The predicted octanol–water partition coefficient (Wildman–Crippen LogP) is 4.39. The number of carbonyl (C=O) groups excluding carboxylic acids is 2. The Hall–Kier alpha value is -4.01. The predicted molar refractivity (Wildman–Crippen MR) is 150 cm³/mol. The lowest BCUT2D eigenvalue weighted by Gasteiger charge is -2.44. The molecule has 2 aromatic carbocycles. The Morgan fingerprint density at radius 3 is 2.30 bits per heavy atom. The van der Waals surface area contributed by atoms with Crippen LogP contribution in [0.1, 0.15) is 52.4 Å². The summed E-state index contributed by atoms with van der Waals surface area (Å²) in [7, 11) is 3.22. The number of aliphatic carboxylic acids is 1. The Balaban J connectivity index is 1.51. The highest BCUT2D eigenvalue weighted by molar-refractivity contribution is 5.95. The molecule has 1 spiro atoms. The van der Waals surface area contributed by atoms with E-state index in [0.717, 1.165) is 28.0 Å². The van der Waals surface area contributed by atoms with E-state index in [-0.39, 0.29) is 24.4 Å². The van der Waals surface area contributed by atoms with Crippen LogP contribution in [0.5, 0.6) is 11.5 Å². The van der Waals surface area contributed by atoms with Gasteiger partial charge in [0.2, 0.25) is 0 Å². The molecule has 1 atom stereocenters. The van der Waals surface area contributed by atoms with Gasteiger partial charge in [-0.2, -0.15) is 0 Å². The molecule has 5 rings (SSSR count). The van der Waals surface area contributed by atoms with Crippen molar-refractivity contribution in [1.82, 2.24) is 14.7 Å². The lowest BCUT2D eigenvalue weighted by molar-refractivity contribution is -0.138. The third-order valence-electron chi connectivity index (χ3n) is 8.41. The van der Waals surface area contributed by atoms with Gasteiger partial charge in [-0.1, -0.05) is 30.2 Å². The second-order valence-corrected chi connectivity index (χ2v) is 11.2. The van der Waals surface area contributed by atoms with Crippen LogP contribution in [0.25, 0.3) is 0 Å². The summed E-state index contributed by atoms with van der Waals surface area (Å²) in [6, 6.07) is 9.29. The number of allylic oxidation sites excluding steroid dienone is 1. The second-order valence-electron chi connectivity index (χ2n) is 11.2. The number of hydrogen-bond donors (Lipinski definition) is 1. The van der Waals surface area contributed by atoms with Crippen molar-refractivity contribution in [2.75, 3.05) is 33.9 Å². The summed E-state index contributed by atoms with van der Waals surface area (Å²) in [4.78, 5) is 44.4. The van der Waals surface area contributed by atoms with Crippen LogP contribution in [0.2, 0.25) is 0 Å². The van der Waals surface area contributed by atoms with Gasteiger partial charge in [-0.05, 0) is 68.4 Å². The summed E-state index contributed by atoms with van der Waals surface area (Å²) in [6.45, 7) is 6.77. The van der Waals surface area contributed by atoms with E-state index in [0.29, 0.717) is 49.4 Å². The zero-order valence-corrected chi connectivity index (χ0v) is 23.8. The van der Waals surface area contributed by atoms with Crippen LogP contribution >= 0.6 is 0 Å². The smallest absolute Gasteiger partial charge is 0.325 e. The van der Waals surface area contributed by atoms with Crippen LogP contribution in [0.15, 0.2) is 42.1 Å². The standard InChI is InChI=1S/C31H37N3O6/c1-19-10-20(2)12-22(11-19)29(37)32-8-6-31(7-9-32)27-14-21(3)13-25-23(15-24(39-4)16-26(25)40-5)17-33(27)30(38)34(31)18-28(35)36/h10-12,14-16,21H,6-9,13,17-18H2,1-5H3,(H,35,36)/b27-14-/t21-/m1/s1. The highest BCUT2D eigenvalue weighted by atomic mass is 16.5. The summed E-state index contributed by atoms with van der Waals surface area (Å²) in [5.74, 6) is 0.301. The minimum Gasteiger partial charge on any atom is -0.497 e. The van der Waals surface area contributed by atoms with Crippen LogP contribution in [-0.2, 0) is 17.8 Å². The van der Waals surface area contributed by atoms with Crippen LogP contribution in [0, 0.1) is 19.8 Å². The fourth-order valence-electron chi connectivity index (χ4n) is 6.63. The molecule has 0 unspecified atom stereocenters. The van der Waals surface area contributed by atoms with Gasteiger partial charge in [-0.15, -0.1) is 0 Å². The third kappa shape index (κ3) is 4.78. The Morgan fingerprint density at radius 1 is 1.02 bits per heavy atom. The number of methoxy groups -OCH3 is 2. The Labute approximate surface area is 235 Å². The maximum atomic E-state index is 14.0. The van der Waals surface area contributed by atoms with Gasteiger partial charge in [0.15, 0.2) is 0 Å². The summed E-state index contributed by atoms with van der Waals surface area (Å²) < 4.78 is 11.2. The van der Waals surface area contributed by atoms with Crippen LogP contribution in [0.3, 0.4) is 0 Å². The number of benzene rings is 2. The van der Waals surface area contributed by atoms with E-state index < -0.39 is 18.1 Å². The highest BCUT2D eigenvalue weighted by Gasteiger charge is 2.56.